The Hall–Kier alpha value is -0.420. The van der Waals surface area contributed by atoms with Crippen molar-refractivity contribution < 1.29 is 22.6 Å². The van der Waals surface area contributed by atoms with Gasteiger partial charge in [0.1, 0.15) is 10.3 Å². The molecule has 0 aromatic carbocycles. The van der Waals surface area contributed by atoms with E-state index in [9.17, 15) is 13.2 Å². The number of ether oxygens (including phenoxy) is 2. The van der Waals surface area contributed by atoms with Crippen LogP contribution in [0.15, 0.2) is 12.1 Å². The maximum atomic E-state index is 11.6. The molecule has 2 aromatic rings. The molecule has 16 heteroatoms. The zero-order valence-corrected chi connectivity index (χ0v) is 16.8. The summed E-state index contributed by atoms with van der Waals surface area (Å²) in [5.74, 6) is -0.748. The molecule has 6 nitrogen and oxygen atoms in total. The Morgan fingerprint density at radius 1 is 0.692 bits per heavy atom. The Balaban J connectivity index is 0.000000260. The minimum absolute atomic E-state index is 0.00926. The molecule has 0 atom stereocenters. The number of halogens is 10. The highest BCUT2D eigenvalue weighted by Gasteiger charge is 2.32. The van der Waals surface area contributed by atoms with Crippen LogP contribution in [0.4, 0.5) is 13.2 Å². The van der Waals surface area contributed by atoms with Crippen LogP contribution in [0.2, 0.25) is 20.9 Å². The fraction of sp³-hybridized carbons (Fsp3) is 0.200. The Bertz CT molecular complexity index is 656. The van der Waals surface area contributed by atoms with Gasteiger partial charge in [0.15, 0.2) is 0 Å². The summed E-state index contributed by atoms with van der Waals surface area (Å²) in [4.78, 5) is 13.7. The van der Waals surface area contributed by atoms with Crippen LogP contribution in [0, 0.1) is 0 Å². The Kier molecular flexibility index (Phi) is 8.79. The van der Waals surface area contributed by atoms with Crippen molar-refractivity contribution in [3.8, 4) is 11.8 Å². The maximum absolute atomic E-state index is 11.6. The van der Waals surface area contributed by atoms with Crippen molar-refractivity contribution in [3.63, 3.8) is 0 Å². The molecule has 26 heavy (non-hydrogen) atoms. The first kappa shape index (κ1) is 23.6. The number of aromatic nitrogens is 4. The van der Waals surface area contributed by atoms with Crippen LogP contribution in [0.25, 0.3) is 0 Å². The predicted molar refractivity (Wildman–Crippen MR) is 91.7 cm³/mol. The molecule has 0 N–H and O–H groups in total. The van der Waals surface area contributed by atoms with Crippen LogP contribution >= 0.6 is 81.2 Å². The van der Waals surface area contributed by atoms with E-state index in [1.165, 1.54) is 6.07 Å². The molecule has 0 saturated heterocycles. The van der Waals surface area contributed by atoms with Gasteiger partial charge in [-0.2, -0.15) is 9.97 Å². The average Bonchev–Trinajstić information content (AvgIpc) is 2.31. The summed E-state index contributed by atoms with van der Waals surface area (Å²) in [5.41, 5.74) is 0. The topological polar surface area (TPSA) is 70.0 Å². The van der Waals surface area contributed by atoms with Crippen LogP contribution in [-0.2, 0) is 0 Å². The van der Waals surface area contributed by atoms with Crippen molar-refractivity contribution in [3.05, 3.63) is 33.0 Å². The van der Waals surface area contributed by atoms with Gasteiger partial charge in [-0.1, -0.05) is 23.2 Å². The summed E-state index contributed by atoms with van der Waals surface area (Å²) in [6.45, 7) is 0. The maximum Gasteiger partial charge on any atom is 0.574 e. The van der Waals surface area contributed by atoms with E-state index in [4.69, 9.17) is 85.9 Å². The van der Waals surface area contributed by atoms with Gasteiger partial charge in [0.2, 0.25) is 22.3 Å². The van der Waals surface area contributed by atoms with Crippen molar-refractivity contribution in [1.29, 1.82) is 0 Å². The fourth-order valence-electron chi connectivity index (χ4n) is 1.08. The molecule has 0 aliphatic rings. The third-order valence-corrected chi connectivity index (χ3v) is 2.69. The SMILES string of the molecule is Clc1cc(OC(Cl)(Cl)Cl)nc(Cl)n1.FC(F)(F)Oc1cc(Cl)nc(Cl)n1. The predicted octanol–water partition coefficient (Wildman–Crippen LogP) is 6.17. The summed E-state index contributed by atoms with van der Waals surface area (Å²) in [6, 6.07) is 2.08. The molecule has 0 saturated carbocycles. The molecule has 144 valence electrons. The lowest BCUT2D eigenvalue weighted by atomic mass is 10.6. The Morgan fingerprint density at radius 2 is 1.08 bits per heavy atom. The van der Waals surface area contributed by atoms with Gasteiger partial charge in [0, 0.05) is 12.1 Å². The Labute approximate surface area is 178 Å². The number of hydrogen-bond donors (Lipinski definition) is 0. The van der Waals surface area contributed by atoms with E-state index in [0.717, 1.165) is 6.07 Å². The first-order chi connectivity index (χ1) is 11.7. The molecule has 0 aliphatic heterocycles. The molecule has 0 fully saturated rings. The second-order valence-electron chi connectivity index (χ2n) is 3.69. The third kappa shape index (κ3) is 10.7. The molecule has 0 unspecified atom stereocenters. The number of hydrogen-bond acceptors (Lipinski definition) is 6. The molecule has 0 radical (unpaired) electrons. The fourth-order valence-corrected chi connectivity index (χ4v) is 2.10. The summed E-state index contributed by atoms with van der Waals surface area (Å²) in [7, 11) is 0. The van der Waals surface area contributed by atoms with Crippen molar-refractivity contribution in [2.24, 2.45) is 0 Å². The van der Waals surface area contributed by atoms with Crippen LogP contribution in [0.1, 0.15) is 0 Å². The molecule has 0 amide bonds. The van der Waals surface area contributed by atoms with E-state index in [-0.39, 0.29) is 21.5 Å². The highest BCUT2D eigenvalue weighted by Crippen LogP contribution is 2.30. The van der Waals surface area contributed by atoms with E-state index < -0.39 is 21.5 Å². The number of alkyl halides is 6. The smallest absolute Gasteiger partial charge is 0.427 e. The molecular formula is C10H2Cl7F3N4O2. The highest BCUT2D eigenvalue weighted by atomic mass is 35.6. The Morgan fingerprint density at radius 3 is 1.38 bits per heavy atom. The molecule has 0 spiro atoms. The van der Waals surface area contributed by atoms with Gasteiger partial charge in [-0.05, 0) is 58.0 Å². The zero-order valence-electron chi connectivity index (χ0n) is 11.5. The lowest BCUT2D eigenvalue weighted by Crippen LogP contribution is -2.18. The van der Waals surface area contributed by atoms with E-state index >= 15 is 0 Å². The van der Waals surface area contributed by atoms with Crippen LogP contribution < -0.4 is 9.47 Å². The monoisotopic (exact) mass is 512 g/mol. The van der Waals surface area contributed by atoms with Crippen LogP contribution in [0.5, 0.6) is 11.8 Å². The summed E-state index contributed by atoms with van der Waals surface area (Å²) >= 11 is 37.5. The van der Waals surface area contributed by atoms with Gasteiger partial charge in [-0.25, -0.2) is 9.97 Å². The molecular weight excluding hydrogens is 513 g/mol. The van der Waals surface area contributed by atoms with Crippen LogP contribution in [0.3, 0.4) is 0 Å². The normalized spacial score (nSPS) is 11.5. The van der Waals surface area contributed by atoms with Gasteiger partial charge in [0.05, 0.1) is 0 Å². The third-order valence-electron chi connectivity index (χ3n) is 1.73. The largest absolute Gasteiger partial charge is 0.574 e. The van der Waals surface area contributed by atoms with Crippen molar-refractivity contribution in [2.45, 2.75) is 10.3 Å². The standard InChI is InChI=1S/C5HCl5N2O.C5HCl2F3N2O/c2*6-2-1-3(12-4(7)11-2)13-5(8,9)10/h2*1H. The lowest BCUT2D eigenvalue weighted by Gasteiger charge is -2.12. The van der Waals surface area contributed by atoms with Crippen molar-refractivity contribution in [1.82, 2.24) is 19.9 Å². The lowest BCUT2D eigenvalue weighted by molar-refractivity contribution is -0.276. The second-order valence-corrected chi connectivity index (χ2v) is 7.32. The van der Waals surface area contributed by atoms with Crippen molar-refractivity contribution >= 4 is 81.2 Å². The van der Waals surface area contributed by atoms with Gasteiger partial charge < -0.3 is 9.47 Å². The van der Waals surface area contributed by atoms with Crippen molar-refractivity contribution in [2.75, 3.05) is 0 Å². The minimum Gasteiger partial charge on any atom is -0.427 e. The quantitative estimate of drug-likeness (QED) is 0.271. The molecule has 0 aliphatic carbocycles. The zero-order chi connectivity index (χ0) is 20.1. The molecule has 0 bridgehead atoms. The highest BCUT2D eigenvalue weighted by molar-refractivity contribution is 6.66. The average molecular weight is 515 g/mol. The first-order valence-electron chi connectivity index (χ1n) is 5.65. The van der Waals surface area contributed by atoms with Crippen LogP contribution in [-0.4, -0.2) is 30.3 Å². The van der Waals surface area contributed by atoms with E-state index in [1.807, 2.05) is 0 Å². The number of nitrogens with zero attached hydrogens (tertiary/aromatic N) is 4. The molecule has 2 heterocycles. The van der Waals surface area contributed by atoms with E-state index in [0.29, 0.717) is 0 Å². The van der Waals surface area contributed by atoms with E-state index in [2.05, 4.69) is 24.7 Å². The second kappa shape index (κ2) is 9.68. The molecule has 2 rings (SSSR count). The van der Waals surface area contributed by atoms with E-state index in [1.54, 1.807) is 0 Å². The summed E-state index contributed by atoms with van der Waals surface area (Å²) in [6.07, 6.45) is -4.82. The first-order valence-corrected chi connectivity index (χ1v) is 8.30. The van der Waals surface area contributed by atoms with Gasteiger partial charge in [-0.3, -0.25) is 0 Å². The van der Waals surface area contributed by atoms with Gasteiger partial charge in [0.25, 0.3) is 0 Å². The minimum atomic E-state index is -4.82. The molecule has 2 aromatic heterocycles. The van der Waals surface area contributed by atoms with Gasteiger partial charge in [-0.15, -0.1) is 13.2 Å². The van der Waals surface area contributed by atoms with Gasteiger partial charge >= 0.3 is 10.3 Å². The number of rotatable bonds is 2. The summed E-state index contributed by atoms with van der Waals surface area (Å²) < 4.78 is 41.2. The summed E-state index contributed by atoms with van der Waals surface area (Å²) in [5, 5.41) is -0.619.